The van der Waals surface area contributed by atoms with Gasteiger partial charge in [0.1, 0.15) is 0 Å². The lowest BCUT2D eigenvalue weighted by Crippen LogP contribution is -2.36. The Hall–Kier alpha value is -0.570. The van der Waals surface area contributed by atoms with Crippen LogP contribution in [-0.4, -0.2) is 25.2 Å². The zero-order valence-electron chi connectivity index (χ0n) is 6.22. The van der Waals surface area contributed by atoms with Crippen molar-refractivity contribution in [3.63, 3.8) is 0 Å². The summed E-state index contributed by atoms with van der Waals surface area (Å²) in [4.78, 5) is 9.94. The van der Waals surface area contributed by atoms with E-state index in [0.29, 0.717) is 13.0 Å². The van der Waals surface area contributed by atoms with Gasteiger partial charge in [0.2, 0.25) is 6.41 Å². The highest BCUT2D eigenvalue weighted by Gasteiger charge is 2.28. The van der Waals surface area contributed by atoms with E-state index in [9.17, 15) is 4.79 Å². The molecular formula is C7H13NO2. The highest BCUT2D eigenvalue weighted by Crippen LogP contribution is 2.23. The molecule has 58 valence electrons. The van der Waals surface area contributed by atoms with Gasteiger partial charge in [0.05, 0.1) is 5.60 Å². The molecule has 1 saturated heterocycles. The molecular weight excluding hydrogens is 130 g/mol. The van der Waals surface area contributed by atoms with Crippen molar-refractivity contribution >= 4 is 6.41 Å². The Labute approximate surface area is 60.7 Å². The lowest BCUT2D eigenvalue weighted by Gasteiger charge is -2.21. The molecule has 3 heteroatoms. The molecule has 0 aromatic carbocycles. The average molecular weight is 143 g/mol. The van der Waals surface area contributed by atoms with Crippen LogP contribution in [0, 0.1) is 0 Å². The normalized spacial score (nSPS) is 32.1. The smallest absolute Gasteiger partial charge is 0.207 e. The first-order valence-corrected chi connectivity index (χ1v) is 3.58. The van der Waals surface area contributed by atoms with Crippen molar-refractivity contribution in [1.82, 2.24) is 5.32 Å². The first-order chi connectivity index (χ1) is 4.77. The van der Waals surface area contributed by atoms with Crippen molar-refractivity contribution in [3.05, 3.63) is 0 Å². The molecule has 0 radical (unpaired) electrons. The van der Waals surface area contributed by atoms with E-state index < -0.39 is 0 Å². The molecule has 0 spiro atoms. The zero-order valence-corrected chi connectivity index (χ0v) is 6.22. The molecule has 0 bridgehead atoms. The third-order valence-corrected chi connectivity index (χ3v) is 1.86. The van der Waals surface area contributed by atoms with Crippen molar-refractivity contribution in [1.29, 1.82) is 0 Å². The summed E-state index contributed by atoms with van der Waals surface area (Å²) in [6.45, 7) is 3.49. The van der Waals surface area contributed by atoms with Crippen molar-refractivity contribution in [2.75, 3.05) is 13.2 Å². The van der Waals surface area contributed by atoms with Crippen molar-refractivity contribution in [3.8, 4) is 0 Å². The molecule has 1 amide bonds. The van der Waals surface area contributed by atoms with Crippen LogP contribution in [0.2, 0.25) is 0 Å². The maximum Gasteiger partial charge on any atom is 0.207 e. The fourth-order valence-electron chi connectivity index (χ4n) is 1.23. The number of amides is 1. The van der Waals surface area contributed by atoms with Gasteiger partial charge in [0.15, 0.2) is 0 Å². The van der Waals surface area contributed by atoms with Crippen LogP contribution in [0.4, 0.5) is 0 Å². The minimum absolute atomic E-state index is 0.0963. The lowest BCUT2D eigenvalue weighted by molar-refractivity contribution is -0.110. The molecule has 1 N–H and O–H groups in total. The van der Waals surface area contributed by atoms with Crippen LogP contribution in [0.15, 0.2) is 0 Å². The molecule has 0 aromatic heterocycles. The Morgan fingerprint density at radius 2 is 2.60 bits per heavy atom. The largest absolute Gasteiger partial charge is 0.373 e. The molecule has 0 aromatic rings. The molecule has 0 aliphatic carbocycles. The zero-order chi connectivity index (χ0) is 7.45. The average Bonchev–Trinajstić information content (AvgIpc) is 2.33. The molecule has 1 heterocycles. The summed E-state index contributed by atoms with van der Waals surface area (Å²) < 4.78 is 5.42. The van der Waals surface area contributed by atoms with Gasteiger partial charge >= 0.3 is 0 Å². The number of hydrogen-bond acceptors (Lipinski definition) is 2. The Morgan fingerprint density at radius 3 is 3.10 bits per heavy atom. The standard InChI is InChI=1S/C7H13NO2/c1-7(5-8-6-9)3-2-4-10-7/h6H,2-5H2,1H3,(H,8,9). The Bertz CT molecular complexity index is 119. The van der Waals surface area contributed by atoms with Gasteiger partial charge in [-0.15, -0.1) is 0 Å². The van der Waals surface area contributed by atoms with E-state index in [2.05, 4.69) is 5.32 Å². The summed E-state index contributed by atoms with van der Waals surface area (Å²) in [5, 5.41) is 2.63. The summed E-state index contributed by atoms with van der Waals surface area (Å²) in [5.74, 6) is 0. The van der Waals surface area contributed by atoms with E-state index in [1.54, 1.807) is 0 Å². The number of hydrogen-bond donors (Lipinski definition) is 1. The Balaban J connectivity index is 2.28. The summed E-state index contributed by atoms with van der Waals surface area (Å²) in [6.07, 6.45) is 2.87. The van der Waals surface area contributed by atoms with Crippen LogP contribution < -0.4 is 5.32 Å². The number of carbonyl (C=O) groups excluding carboxylic acids is 1. The van der Waals surface area contributed by atoms with Gasteiger partial charge in [0.25, 0.3) is 0 Å². The fourth-order valence-corrected chi connectivity index (χ4v) is 1.23. The quantitative estimate of drug-likeness (QED) is 0.577. The molecule has 1 fully saturated rings. The van der Waals surface area contributed by atoms with Crippen LogP contribution >= 0.6 is 0 Å². The van der Waals surface area contributed by atoms with Gasteiger partial charge < -0.3 is 10.1 Å². The van der Waals surface area contributed by atoms with Crippen LogP contribution in [0.1, 0.15) is 19.8 Å². The third-order valence-electron chi connectivity index (χ3n) is 1.86. The first kappa shape index (κ1) is 7.54. The van der Waals surface area contributed by atoms with Gasteiger partial charge in [-0.25, -0.2) is 0 Å². The van der Waals surface area contributed by atoms with Crippen LogP contribution in [0.3, 0.4) is 0 Å². The lowest BCUT2D eigenvalue weighted by atomic mass is 10.0. The number of rotatable bonds is 3. The maximum atomic E-state index is 9.94. The Morgan fingerprint density at radius 1 is 1.80 bits per heavy atom. The van der Waals surface area contributed by atoms with Crippen LogP contribution in [-0.2, 0) is 9.53 Å². The highest BCUT2D eigenvalue weighted by atomic mass is 16.5. The predicted molar refractivity (Wildman–Crippen MR) is 37.7 cm³/mol. The summed E-state index contributed by atoms with van der Waals surface area (Å²) >= 11 is 0. The molecule has 10 heavy (non-hydrogen) atoms. The number of carbonyl (C=O) groups is 1. The molecule has 1 atom stereocenters. The molecule has 1 rings (SSSR count). The molecule has 1 unspecified atom stereocenters. The van der Waals surface area contributed by atoms with Gasteiger partial charge in [0, 0.05) is 13.2 Å². The second kappa shape index (κ2) is 3.01. The molecule has 3 nitrogen and oxygen atoms in total. The van der Waals surface area contributed by atoms with Crippen molar-refractivity contribution < 1.29 is 9.53 Å². The van der Waals surface area contributed by atoms with E-state index in [1.165, 1.54) is 0 Å². The van der Waals surface area contributed by atoms with Crippen LogP contribution in [0.5, 0.6) is 0 Å². The number of ether oxygens (including phenoxy) is 1. The monoisotopic (exact) mass is 143 g/mol. The van der Waals surface area contributed by atoms with E-state index in [1.807, 2.05) is 6.92 Å². The van der Waals surface area contributed by atoms with E-state index in [0.717, 1.165) is 19.4 Å². The topological polar surface area (TPSA) is 38.3 Å². The highest BCUT2D eigenvalue weighted by molar-refractivity contribution is 5.46. The fraction of sp³-hybridized carbons (Fsp3) is 0.857. The SMILES string of the molecule is CC1(CNC=O)CCCO1. The maximum absolute atomic E-state index is 9.94. The second-order valence-corrected chi connectivity index (χ2v) is 2.90. The van der Waals surface area contributed by atoms with Crippen molar-refractivity contribution in [2.45, 2.75) is 25.4 Å². The molecule has 0 saturated carbocycles. The van der Waals surface area contributed by atoms with Gasteiger partial charge in [-0.1, -0.05) is 0 Å². The second-order valence-electron chi connectivity index (χ2n) is 2.90. The van der Waals surface area contributed by atoms with Gasteiger partial charge in [-0.3, -0.25) is 4.79 Å². The van der Waals surface area contributed by atoms with Gasteiger partial charge in [-0.2, -0.15) is 0 Å². The summed E-state index contributed by atoms with van der Waals surface area (Å²) in [6, 6.07) is 0. The molecule has 1 aliphatic heterocycles. The van der Waals surface area contributed by atoms with E-state index in [-0.39, 0.29) is 5.60 Å². The van der Waals surface area contributed by atoms with E-state index >= 15 is 0 Å². The summed E-state index contributed by atoms with van der Waals surface area (Å²) in [7, 11) is 0. The minimum atomic E-state index is -0.0963. The number of nitrogens with one attached hydrogen (secondary N) is 1. The third kappa shape index (κ3) is 1.70. The van der Waals surface area contributed by atoms with Crippen molar-refractivity contribution in [2.24, 2.45) is 0 Å². The minimum Gasteiger partial charge on any atom is -0.373 e. The van der Waals surface area contributed by atoms with Gasteiger partial charge in [-0.05, 0) is 19.8 Å². The van der Waals surface area contributed by atoms with Crippen LogP contribution in [0.25, 0.3) is 0 Å². The Kier molecular flexibility index (Phi) is 2.27. The first-order valence-electron chi connectivity index (χ1n) is 3.58. The molecule has 1 aliphatic rings. The van der Waals surface area contributed by atoms with E-state index in [4.69, 9.17) is 4.74 Å². The summed E-state index contributed by atoms with van der Waals surface area (Å²) in [5.41, 5.74) is -0.0963. The predicted octanol–water partition coefficient (Wildman–Crippen LogP) is 0.301.